The third kappa shape index (κ3) is 6.11. The van der Waals surface area contributed by atoms with Crippen LogP contribution in [0.15, 0.2) is 94.8 Å². The molecule has 7 heteroatoms. The molecule has 0 spiro atoms. The summed E-state index contributed by atoms with van der Waals surface area (Å²) in [6, 6.07) is 26.8. The number of hydrogen-bond acceptors (Lipinski definition) is 5. The second-order valence-electron chi connectivity index (χ2n) is 7.36. The fourth-order valence-electron chi connectivity index (χ4n) is 3.25. The van der Waals surface area contributed by atoms with Crippen LogP contribution in [0.2, 0.25) is 0 Å². The molecule has 4 rings (SSSR count). The molecule has 0 unspecified atom stereocenters. The fraction of sp³-hybridized carbons (Fsp3) is 0.115. The zero-order chi connectivity index (χ0) is 23.0. The van der Waals surface area contributed by atoms with E-state index in [4.69, 9.17) is 15.5 Å². The van der Waals surface area contributed by atoms with Gasteiger partial charge in [-0.25, -0.2) is 4.99 Å². The number of benzene rings is 3. The fourth-order valence-corrected chi connectivity index (χ4v) is 4.28. The van der Waals surface area contributed by atoms with Crippen LogP contribution in [-0.2, 0) is 16.0 Å². The van der Waals surface area contributed by atoms with Crippen molar-refractivity contribution in [2.45, 2.75) is 6.42 Å². The lowest BCUT2D eigenvalue weighted by molar-refractivity contribution is -0.122. The molecule has 1 fully saturated rings. The van der Waals surface area contributed by atoms with E-state index in [1.165, 1.54) is 17.3 Å². The highest BCUT2D eigenvalue weighted by molar-refractivity contribution is 8.18. The van der Waals surface area contributed by atoms with Gasteiger partial charge < -0.3 is 10.5 Å². The number of para-hydroxylation sites is 1. The Bertz CT molecular complexity index is 1180. The number of thioether (sulfide) groups is 1. The molecule has 6 nitrogen and oxygen atoms in total. The first-order valence-corrected chi connectivity index (χ1v) is 11.3. The molecule has 166 valence electrons. The van der Waals surface area contributed by atoms with Crippen LogP contribution in [0.3, 0.4) is 0 Å². The molecule has 33 heavy (non-hydrogen) atoms. The molecule has 1 saturated heterocycles. The van der Waals surface area contributed by atoms with E-state index in [0.717, 1.165) is 17.7 Å². The highest BCUT2D eigenvalue weighted by Gasteiger charge is 2.33. The number of amides is 2. The number of aliphatic imine (C=N–C) groups is 1. The van der Waals surface area contributed by atoms with Crippen LogP contribution in [0.5, 0.6) is 5.75 Å². The van der Waals surface area contributed by atoms with Crippen molar-refractivity contribution >= 4 is 40.5 Å². The molecule has 3 aromatic rings. The summed E-state index contributed by atoms with van der Waals surface area (Å²) in [5, 5.41) is 0.662. The summed E-state index contributed by atoms with van der Waals surface area (Å²) in [6.07, 6.45) is 2.58. The maximum absolute atomic E-state index is 13.3. The Kier molecular flexibility index (Phi) is 7.22. The van der Waals surface area contributed by atoms with Crippen molar-refractivity contribution in [3.05, 3.63) is 101 Å². The standard InChI is InChI=1S/C26H23N3O3S/c27-24(30)18-32-22-13-11-20(12-14-22)17-23-25(31)29(16-15-19-7-3-1-4-8-19)26(33-23)28-21-9-5-2-6-10-21/h1-14,17H,15-16,18H2,(H2,27,30)/b23-17+,28-26?. The van der Waals surface area contributed by atoms with Gasteiger partial charge in [0.25, 0.3) is 11.8 Å². The SMILES string of the molecule is NC(=O)COc1ccc(/C=C2/SC(=Nc3ccccc3)N(CCc3ccccc3)C2=O)cc1. The van der Waals surface area contributed by atoms with Gasteiger partial charge >= 0.3 is 0 Å². The third-order valence-electron chi connectivity index (χ3n) is 4.89. The van der Waals surface area contributed by atoms with Gasteiger partial charge in [0.15, 0.2) is 11.8 Å². The molecule has 2 amide bonds. The molecule has 0 bridgehead atoms. The monoisotopic (exact) mass is 457 g/mol. The normalized spacial score (nSPS) is 15.9. The van der Waals surface area contributed by atoms with Gasteiger partial charge in [0.1, 0.15) is 5.75 Å². The van der Waals surface area contributed by atoms with E-state index in [-0.39, 0.29) is 12.5 Å². The molecule has 0 saturated carbocycles. The van der Waals surface area contributed by atoms with Crippen LogP contribution >= 0.6 is 11.8 Å². The minimum Gasteiger partial charge on any atom is -0.484 e. The van der Waals surface area contributed by atoms with E-state index in [1.54, 1.807) is 17.0 Å². The van der Waals surface area contributed by atoms with E-state index in [9.17, 15) is 9.59 Å². The van der Waals surface area contributed by atoms with Gasteiger partial charge in [-0.3, -0.25) is 14.5 Å². The molecule has 3 aromatic carbocycles. The summed E-state index contributed by atoms with van der Waals surface area (Å²) in [7, 11) is 0. The van der Waals surface area contributed by atoms with Crippen molar-refractivity contribution in [3.8, 4) is 5.75 Å². The minimum absolute atomic E-state index is 0.0698. The van der Waals surface area contributed by atoms with Crippen molar-refractivity contribution in [2.24, 2.45) is 10.7 Å². The van der Waals surface area contributed by atoms with Crippen molar-refractivity contribution in [3.63, 3.8) is 0 Å². The lowest BCUT2D eigenvalue weighted by atomic mass is 10.1. The van der Waals surface area contributed by atoms with Gasteiger partial charge in [-0.15, -0.1) is 0 Å². The Morgan fingerprint density at radius 3 is 2.30 bits per heavy atom. The van der Waals surface area contributed by atoms with Crippen molar-refractivity contribution < 1.29 is 14.3 Å². The molecule has 1 aliphatic rings. The number of nitrogens with two attached hydrogens (primary N) is 1. The van der Waals surface area contributed by atoms with Gasteiger partial charge in [0, 0.05) is 6.54 Å². The smallest absolute Gasteiger partial charge is 0.266 e. The van der Waals surface area contributed by atoms with E-state index >= 15 is 0 Å². The van der Waals surface area contributed by atoms with Gasteiger partial charge in [-0.05, 0) is 59.7 Å². The number of amidine groups is 1. The highest BCUT2D eigenvalue weighted by Crippen LogP contribution is 2.34. The number of rotatable bonds is 8. The second-order valence-corrected chi connectivity index (χ2v) is 8.37. The van der Waals surface area contributed by atoms with Gasteiger partial charge in [0.05, 0.1) is 10.6 Å². The topological polar surface area (TPSA) is 85.0 Å². The molecule has 1 heterocycles. The number of nitrogens with zero attached hydrogens (tertiary/aromatic N) is 2. The Balaban J connectivity index is 1.55. The molecule has 0 aromatic heterocycles. The summed E-state index contributed by atoms with van der Waals surface area (Å²) in [5.74, 6) is -0.0631. The van der Waals surface area contributed by atoms with E-state index in [0.29, 0.717) is 22.4 Å². The number of primary amides is 1. The Morgan fingerprint density at radius 1 is 0.970 bits per heavy atom. The highest BCUT2D eigenvalue weighted by atomic mass is 32.2. The first-order chi connectivity index (χ1) is 16.1. The summed E-state index contributed by atoms with van der Waals surface area (Å²) >= 11 is 1.37. The van der Waals surface area contributed by atoms with E-state index < -0.39 is 5.91 Å². The average molecular weight is 458 g/mol. The first kappa shape index (κ1) is 22.4. The number of ether oxygens (including phenoxy) is 1. The zero-order valence-electron chi connectivity index (χ0n) is 17.9. The van der Waals surface area contributed by atoms with Gasteiger partial charge in [-0.2, -0.15) is 0 Å². The van der Waals surface area contributed by atoms with Gasteiger partial charge in [0.2, 0.25) is 0 Å². The van der Waals surface area contributed by atoms with Crippen LogP contribution in [0, 0.1) is 0 Å². The third-order valence-corrected chi connectivity index (χ3v) is 5.90. The summed E-state index contributed by atoms with van der Waals surface area (Å²) in [6.45, 7) is 0.364. The summed E-state index contributed by atoms with van der Waals surface area (Å²) in [5.41, 5.74) is 7.92. The predicted molar refractivity (Wildman–Crippen MR) is 132 cm³/mol. The van der Waals surface area contributed by atoms with Crippen molar-refractivity contribution in [2.75, 3.05) is 13.2 Å². The van der Waals surface area contributed by atoms with Crippen LogP contribution < -0.4 is 10.5 Å². The quantitative estimate of drug-likeness (QED) is 0.508. The van der Waals surface area contributed by atoms with Crippen LogP contribution in [0.1, 0.15) is 11.1 Å². The average Bonchev–Trinajstić information content (AvgIpc) is 3.12. The summed E-state index contributed by atoms with van der Waals surface area (Å²) in [4.78, 5) is 31.2. The van der Waals surface area contributed by atoms with E-state index in [2.05, 4.69) is 12.1 Å². The van der Waals surface area contributed by atoms with Crippen molar-refractivity contribution in [1.29, 1.82) is 0 Å². The molecule has 0 atom stereocenters. The van der Waals surface area contributed by atoms with Crippen LogP contribution in [0.25, 0.3) is 6.08 Å². The number of carbonyl (C=O) groups is 2. The predicted octanol–water partition coefficient (Wildman–Crippen LogP) is 4.40. The summed E-state index contributed by atoms with van der Waals surface area (Å²) < 4.78 is 5.29. The minimum atomic E-state index is -0.532. The lowest BCUT2D eigenvalue weighted by Crippen LogP contribution is -2.31. The Hall–Kier alpha value is -3.84. The first-order valence-electron chi connectivity index (χ1n) is 10.5. The Morgan fingerprint density at radius 2 is 1.64 bits per heavy atom. The second kappa shape index (κ2) is 10.7. The Labute approximate surface area is 196 Å². The largest absolute Gasteiger partial charge is 0.484 e. The molecular formula is C26H23N3O3S. The van der Waals surface area contributed by atoms with Crippen LogP contribution in [0.4, 0.5) is 5.69 Å². The molecule has 2 N–H and O–H groups in total. The maximum atomic E-state index is 13.3. The number of carbonyl (C=O) groups excluding carboxylic acids is 2. The van der Waals surface area contributed by atoms with Crippen LogP contribution in [-0.4, -0.2) is 35.0 Å². The van der Waals surface area contributed by atoms with Crippen molar-refractivity contribution in [1.82, 2.24) is 4.90 Å². The molecule has 0 aliphatic carbocycles. The van der Waals surface area contributed by atoms with E-state index in [1.807, 2.05) is 66.7 Å². The van der Waals surface area contributed by atoms with Gasteiger partial charge in [-0.1, -0.05) is 60.7 Å². The number of hydrogen-bond donors (Lipinski definition) is 1. The maximum Gasteiger partial charge on any atom is 0.266 e. The lowest BCUT2D eigenvalue weighted by Gasteiger charge is -2.15. The zero-order valence-corrected chi connectivity index (χ0v) is 18.7. The molecule has 0 radical (unpaired) electrons. The molecule has 1 aliphatic heterocycles. The molecular weight excluding hydrogens is 434 g/mol.